The van der Waals surface area contributed by atoms with Gasteiger partial charge >= 0.3 is 0 Å². The van der Waals surface area contributed by atoms with Crippen LogP contribution in [0.5, 0.6) is 5.75 Å². The minimum Gasteiger partial charge on any atom is -0.497 e. The van der Waals surface area contributed by atoms with E-state index in [9.17, 15) is 13.2 Å². The molecule has 1 aliphatic heterocycles. The Bertz CT molecular complexity index is 1250. The summed E-state index contributed by atoms with van der Waals surface area (Å²) in [5, 5.41) is 3.02. The topological polar surface area (TPSA) is 84.9 Å². The minimum absolute atomic E-state index is 0.127. The molecule has 1 fully saturated rings. The van der Waals surface area contributed by atoms with E-state index < -0.39 is 10.0 Å². The Morgan fingerprint density at radius 2 is 1.61 bits per heavy atom. The maximum absolute atomic E-state index is 13.6. The number of ether oxygens (including phenoxy) is 2. The Morgan fingerprint density at radius 1 is 0.972 bits per heavy atom. The van der Waals surface area contributed by atoms with E-state index in [0.717, 1.165) is 28.3 Å². The summed E-state index contributed by atoms with van der Waals surface area (Å²) < 4.78 is 39.2. The Morgan fingerprint density at radius 3 is 2.22 bits per heavy atom. The Balaban J connectivity index is 1.58. The number of sulfonamides is 1. The molecule has 36 heavy (non-hydrogen) atoms. The van der Waals surface area contributed by atoms with Gasteiger partial charge in [0.1, 0.15) is 12.3 Å². The lowest BCUT2D eigenvalue weighted by atomic mass is 9.74. The van der Waals surface area contributed by atoms with Gasteiger partial charge in [-0.15, -0.1) is 0 Å². The van der Waals surface area contributed by atoms with Gasteiger partial charge in [0.25, 0.3) is 10.0 Å². The predicted octanol–water partition coefficient (Wildman–Crippen LogP) is 4.06. The number of nitrogens with zero attached hydrogens (tertiary/aromatic N) is 1. The van der Waals surface area contributed by atoms with Crippen molar-refractivity contribution in [1.82, 2.24) is 5.32 Å². The van der Waals surface area contributed by atoms with Crippen LogP contribution in [0.1, 0.15) is 24.0 Å². The molecule has 1 saturated heterocycles. The van der Waals surface area contributed by atoms with Crippen molar-refractivity contribution in [3.63, 3.8) is 0 Å². The van der Waals surface area contributed by atoms with Crippen LogP contribution in [0.3, 0.4) is 0 Å². The quantitative estimate of drug-likeness (QED) is 0.471. The molecule has 7 nitrogen and oxygen atoms in total. The first-order valence-corrected chi connectivity index (χ1v) is 13.4. The van der Waals surface area contributed by atoms with E-state index in [0.29, 0.717) is 31.2 Å². The van der Waals surface area contributed by atoms with Gasteiger partial charge in [-0.2, -0.15) is 0 Å². The monoisotopic (exact) mass is 508 g/mol. The molecule has 0 aliphatic carbocycles. The second-order valence-electron chi connectivity index (χ2n) is 9.06. The molecule has 1 heterocycles. The lowest BCUT2D eigenvalue weighted by Crippen LogP contribution is -2.48. The molecule has 0 spiro atoms. The van der Waals surface area contributed by atoms with Crippen LogP contribution in [-0.4, -0.2) is 47.7 Å². The lowest BCUT2D eigenvalue weighted by Gasteiger charge is -2.38. The Labute approximate surface area is 213 Å². The zero-order valence-corrected chi connectivity index (χ0v) is 21.5. The van der Waals surface area contributed by atoms with Crippen LogP contribution < -0.4 is 14.4 Å². The number of methoxy groups -OCH3 is 1. The third-order valence-electron chi connectivity index (χ3n) is 6.72. The van der Waals surface area contributed by atoms with Crippen LogP contribution in [-0.2, 0) is 25.0 Å². The van der Waals surface area contributed by atoms with Crippen molar-refractivity contribution in [2.75, 3.05) is 37.7 Å². The van der Waals surface area contributed by atoms with Crippen LogP contribution in [0, 0.1) is 6.92 Å². The second kappa shape index (κ2) is 11.1. The fraction of sp³-hybridized carbons (Fsp3) is 0.321. The number of hydrogen-bond donors (Lipinski definition) is 1. The van der Waals surface area contributed by atoms with Gasteiger partial charge in [0.05, 0.1) is 17.7 Å². The average Bonchev–Trinajstić information content (AvgIpc) is 2.92. The molecule has 0 saturated carbocycles. The van der Waals surface area contributed by atoms with Crippen molar-refractivity contribution in [3.8, 4) is 5.75 Å². The van der Waals surface area contributed by atoms with E-state index in [1.165, 1.54) is 0 Å². The van der Waals surface area contributed by atoms with Gasteiger partial charge in [0.15, 0.2) is 0 Å². The molecule has 0 unspecified atom stereocenters. The number of rotatable bonds is 9. The zero-order chi connectivity index (χ0) is 25.6. The molecule has 1 aliphatic rings. The van der Waals surface area contributed by atoms with Gasteiger partial charge in [0, 0.05) is 25.2 Å². The first-order valence-electron chi connectivity index (χ1n) is 12.0. The highest BCUT2D eigenvalue weighted by Crippen LogP contribution is 2.34. The Hall–Kier alpha value is -3.36. The van der Waals surface area contributed by atoms with Gasteiger partial charge in [-0.3, -0.25) is 9.10 Å². The van der Waals surface area contributed by atoms with Crippen LogP contribution in [0.25, 0.3) is 0 Å². The summed E-state index contributed by atoms with van der Waals surface area (Å²) in [4.78, 5) is 13.4. The molecule has 1 amide bonds. The number of nitrogens with one attached hydrogen (secondary N) is 1. The normalized spacial score (nSPS) is 15.2. The van der Waals surface area contributed by atoms with Crippen LogP contribution in [0.15, 0.2) is 83.8 Å². The molecule has 3 aromatic rings. The highest BCUT2D eigenvalue weighted by molar-refractivity contribution is 7.92. The van der Waals surface area contributed by atoms with Crippen LogP contribution in [0.4, 0.5) is 5.69 Å². The molecule has 0 radical (unpaired) electrons. The number of carbonyl (C=O) groups excluding carboxylic acids is 1. The number of aryl methyl sites for hydroxylation is 1. The summed E-state index contributed by atoms with van der Waals surface area (Å²) in [6.45, 7) is 3.18. The smallest absolute Gasteiger partial charge is 0.264 e. The van der Waals surface area contributed by atoms with Crippen molar-refractivity contribution in [2.24, 2.45) is 0 Å². The minimum atomic E-state index is -3.98. The van der Waals surface area contributed by atoms with E-state index in [2.05, 4.69) is 17.4 Å². The lowest BCUT2D eigenvalue weighted by molar-refractivity contribution is -0.120. The van der Waals surface area contributed by atoms with Gasteiger partial charge in [-0.1, -0.05) is 48.0 Å². The van der Waals surface area contributed by atoms with E-state index >= 15 is 0 Å². The second-order valence-corrected chi connectivity index (χ2v) is 10.9. The maximum atomic E-state index is 13.6. The number of carbonyl (C=O) groups is 1. The number of amides is 1. The SMILES string of the molecule is COc1ccc(N(CC(=O)NCC2(c3ccccc3)CCOCC2)S(=O)(=O)c2ccc(C)cc2)cc1. The molecule has 0 atom stereocenters. The Kier molecular flexibility index (Phi) is 7.96. The molecule has 190 valence electrons. The standard InChI is InChI=1S/C28H32N2O5S/c1-22-8-14-26(15-9-22)36(32,33)30(24-10-12-25(34-2)13-11-24)20-27(31)29-21-28(16-18-35-19-17-28)23-6-4-3-5-7-23/h3-15H,16-21H2,1-2H3,(H,29,31). The van der Waals surface area contributed by atoms with E-state index in [1.54, 1.807) is 55.6 Å². The highest BCUT2D eigenvalue weighted by Gasteiger charge is 2.35. The van der Waals surface area contributed by atoms with Gasteiger partial charge in [0.2, 0.25) is 5.91 Å². The van der Waals surface area contributed by atoms with E-state index in [1.807, 2.05) is 25.1 Å². The maximum Gasteiger partial charge on any atom is 0.264 e. The molecule has 0 aromatic heterocycles. The molecule has 1 N–H and O–H groups in total. The fourth-order valence-corrected chi connectivity index (χ4v) is 5.90. The predicted molar refractivity (Wildman–Crippen MR) is 140 cm³/mol. The summed E-state index contributed by atoms with van der Waals surface area (Å²) in [5.41, 5.74) is 2.23. The summed E-state index contributed by atoms with van der Waals surface area (Å²) in [6, 6.07) is 23.3. The number of hydrogen-bond acceptors (Lipinski definition) is 5. The van der Waals surface area contributed by atoms with Crippen LogP contribution >= 0.6 is 0 Å². The fourth-order valence-electron chi connectivity index (χ4n) is 4.48. The highest BCUT2D eigenvalue weighted by atomic mass is 32.2. The van der Waals surface area contributed by atoms with E-state index in [4.69, 9.17) is 9.47 Å². The summed E-state index contributed by atoms with van der Waals surface area (Å²) in [5.74, 6) is 0.225. The molecule has 0 bridgehead atoms. The van der Waals surface area contributed by atoms with Gasteiger partial charge in [-0.05, 0) is 61.7 Å². The van der Waals surface area contributed by atoms with Gasteiger partial charge in [-0.25, -0.2) is 8.42 Å². The van der Waals surface area contributed by atoms with E-state index in [-0.39, 0.29) is 22.8 Å². The summed E-state index contributed by atoms with van der Waals surface area (Å²) >= 11 is 0. The van der Waals surface area contributed by atoms with Crippen molar-refractivity contribution >= 4 is 21.6 Å². The third kappa shape index (κ3) is 5.71. The van der Waals surface area contributed by atoms with Crippen molar-refractivity contribution in [1.29, 1.82) is 0 Å². The van der Waals surface area contributed by atoms with Crippen LogP contribution in [0.2, 0.25) is 0 Å². The first kappa shape index (κ1) is 25.7. The number of anilines is 1. The van der Waals surface area contributed by atoms with Crippen molar-refractivity contribution in [3.05, 3.63) is 90.0 Å². The molecule has 8 heteroatoms. The molecule has 4 rings (SSSR count). The van der Waals surface area contributed by atoms with Gasteiger partial charge < -0.3 is 14.8 Å². The third-order valence-corrected chi connectivity index (χ3v) is 8.50. The first-order chi connectivity index (χ1) is 17.3. The molecular formula is C28H32N2O5S. The summed E-state index contributed by atoms with van der Waals surface area (Å²) in [6.07, 6.45) is 1.56. The molecule has 3 aromatic carbocycles. The van der Waals surface area contributed by atoms with Crippen molar-refractivity contribution < 1.29 is 22.7 Å². The molecular weight excluding hydrogens is 476 g/mol. The number of benzene rings is 3. The average molecular weight is 509 g/mol. The summed E-state index contributed by atoms with van der Waals surface area (Å²) in [7, 11) is -2.44. The zero-order valence-electron chi connectivity index (χ0n) is 20.6. The van der Waals surface area contributed by atoms with Crippen molar-refractivity contribution in [2.45, 2.75) is 30.1 Å². The largest absolute Gasteiger partial charge is 0.497 e.